The van der Waals surface area contributed by atoms with Crippen LogP contribution in [0.15, 0.2) is 0 Å². The molecule has 1 fully saturated rings. The molecule has 0 aliphatic carbocycles. The molecule has 0 bridgehead atoms. The fraction of sp³-hybridized carbons (Fsp3) is 0.889. The minimum atomic E-state index is -0.776. The van der Waals surface area contributed by atoms with Crippen molar-refractivity contribution in [3.05, 3.63) is 0 Å². The zero-order chi connectivity index (χ0) is 9.84. The summed E-state index contributed by atoms with van der Waals surface area (Å²) in [5, 5.41) is 8.66. The van der Waals surface area contributed by atoms with Crippen molar-refractivity contribution in [2.75, 3.05) is 19.6 Å². The van der Waals surface area contributed by atoms with Crippen LogP contribution in [0.3, 0.4) is 0 Å². The van der Waals surface area contributed by atoms with Crippen LogP contribution < -0.4 is 0 Å². The van der Waals surface area contributed by atoms with Crippen molar-refractivity contribution in [1.29, 1.82) is 0 Å². The molecule has 4 heteroatoms. The van der Waals surface area contributed by atoms with Crippen molar-refractivity contribution >= 4 is 5.97 Å². The minimum Gasteiger partial charge on any atom is -0.481 e. The Balaban J connectivity index is 2.26. The minimum absolute atomic E-state index is 0.351. The van der Waals surface area contributed by atoms with E-state index in [1.165, 1.54) is 0 Å². The largest absolute Gasteiger partial charge is 0.481 e. The first-order valence-corrected chi connectivity index (χ1v) is 4.69. The standard InChI is InChI=1S/C9H16FNO2/c1-7(9(12)13)6-11-4-2-8(10)3-5-11/h7-8H,2-6H2,1H3,(H,12,13). The summed E-state index contributed by atoms with van der Waals surface area (Å²) in [6.07, 6.45) is 0.412. The van der Waals surface area contributed by atoms with Gasteiger partial charge in [-0.15, -0.1) is 0 Å². The van der Waals surface area contributed by atoms with Crippen LogP contribution in [0, 0.1) is 5.92 Å². The molecule has 13 heavy (non-hydrogen) atoms. The van der Waals surface area contributed by atoms with Crippen LogP contribution in [0.5, 0.6) is 0 Å². The van der Waals surface area contributed by atoms with Gasteiger partial charge in [0.25, 0.3) is 0 Å². The van der Waals surface area contributed by atoms with Crippen LogP contribution in [0.1, 0.15) is 19.8 Å². The maximum atomic E-state index is 12.7. The van der Waals surface area contributed by atoms with Gasteiger partial charge in [0.15, 0.2) is 0 Å². The summed E-state index contributed by atoms with van der Waals surface area (Å²) >= 11 is 0. The fourth-order valence-electron chi connectivity index (χ4n) is 1.55. The maximum absolute atomic E-state index is 12.7. The van der Waals surface area contributed by atoms with Crippen LogP contribution in [0.4, 0.5) is 4.39 Å². The summed E-state index contributed by atoms with van der Waals surface area (Å²) in [7, 11) is 0. The van der Waals surface area contributed by atoms with Gasteiger partial charge in [0.2, 0.25) is 0 Å². The van der Waals surface area contributed by atoms with Crippen LogP contribution in [-0.2, 0) is 4.79 Å². The molecule has 0 aromatic carbocycles. The third-order valence-electron chi connectivity index (χ3n) is 2.47. The van der Waals surface area contributed by atoms with E-state index in [0.29, 0.717) is 32.5 Å². The molecule has 0 aromatic rings. The second-order valence-electron chi connectivity index (χ2n) is 3.71. The van der Waals surface area contributed by atoms with Gasteiger partial charge in [-0.05, 0) is 12.8 Å². The van der Waals surface area contributed by atoms with Gasteiger partial charge >= 0.3 is 5.97 Å². The number of rotatable bonds is 3. The highest BCUT2D eigenvalue weighted by Crippen LogP contribution is 2.14. The predicted molar refractivity (Wildman–Crippen MR) is 47.4 cm³/mol. The van der Waals surface area contributed by atoms with E-state index in [0.717, 1.165) is 0 Å². The zero-order valence-electron chi connectivity index (χ0n) is 7.87. The number of carboxylic acids is 1. The Kier molecular flexibility index (Phi) is 3.66. The third-order valence-corrected chi connectivity index (χ3v) is 2.47. The lowest BCUT2D eigenvalue weighted by Gasteiger charge is -2.29. The number of carboxylic acid groups (broad SMARTS) is 1. The monoisotopic (exact) mass is 189 g/mol. The Bertz CT molecular complexity index is 178. The second-order valence-corrected chi connectivity index (χ2v) is 3.71. The molecular weight excluding hydrogens is 173 g/mol. The topological polar surface area (TPSA) is 40.5 Å². The normalized spacial score (nSPS) is 22.9. The first-order chi connectivity index (χ1) is 6.09. The molecule has 3 nitrogen and oxygen atoms in total. The van der Waals surface area contributed by atoms with Crippen LogP contribution in [0.25, 0.3) is 0 Å². The first kappa shape index (κ1) is 10.4. The Labute approximate surface area is 77.5 Å². The number of nitrogens with zero attached hydrogens (tertiary/aromatic N) is 1. The van der Waals surface area contributed by atoms with E-state index in [1.54, 1.807) is 6.92 Å². The van der Waals surface area contributed by atoms with Gasteiger partial charge in [0.1, 0.15) is 6.17 Å². The van der Waals surface area contributed by atoms with Crippen molar-refractivity contribution in [1.82, 2.24) is 4.90 Å². The molecule has 1 rings (SSSR count). The predicted octanol–water partition coefficient (Wildman–Crippen LogP) is 1.14. The number of piperidine rings is 1. The number of hydrogen-bond acceptors (Lipinski definition) is 2. The lowest BCUT2D eigenvalue weighted by atomic mass is 10.1. The summed E-state index contributed by atoms with van der Waals surface area (Å²) in [5.74, 6) is -1.13. The van der Waals surface area contributed by atoms with Crippen molar-refractivity contribution < 1.29 is 14.3 Å². The highest BCUT2D eigenvalue weighted by Gasteiger charge is 2.21. The summed E-state index contributed by atoms with van der Waals surface area (Å²) < 4.78 is 12.7. The molecule has 1 unspecified atom stereocenters. The highest BCUT2D eigenvalue weighted by atomic mass is 19.1. The lowest BCUT2D eigenvalue weighted by Crippen LogP contribution is -2.38. The van der Waals surface area contributed by atoms with E-state index >= 15 is 0 Å². The average Bonchev–Trinajstić information content (AvgIpc) is 2.08. The number of alkyl halides is 1. The molecule has 0 spiro atoms. The van der Waals surface area contributed by atoms with Gasteiger partial charge in [0.05, 0.1) is 5.92 Å². The first-order valence-electron chi connectivity index (χ1n) is 4.69. The van der Waals surface area contributed by atoms with E-state index in [1.807, 2.05) is 4.90 Å². The number of likely N-dealkylation sites (tertiary alicyclic amines) is 1. The molecule has 0 amide bonds. The number of aliphatic carboxylic acids is 1. The molecule has 0 radical (unpaired) electrons. The molecule has 0 aromatic heterocycles. The molecular formula is C9H16FNO2. The van der Waals surface area contributed by atoms with E-state index in [2.05, 4.69) is 0 Å². The van der Waals surface area contributed by atoms with Gasteiger partial charge < -0.3 is 10.0 Å². The number of carbonyl (C=O) groups is 1. The molecule has 1 atom stereocenters. The summed E-state index contributed by atoms with van der Waals surface area (Å²) in [6, 6.07) is 0. The smallest absolute Gasteiger partial charge is 0.307 e. The van der Waals surface area contributed by atoms with Crippen molar-refractivity contribution in [2.45, 2.75) is 25.9 Å². The van der Waals surface area contributed by atoms with Crippen LogP contribution in [-0.4, -0.2) is 41.8 Å². The van der Waals surface area contributed by atoms with Gasteiger partial charge in [0, 0.05) is 19.6 Å². The fourth-order valence-corrected chi connectivity index (χ4v) is 1.55. The molecule has 1 saturated heterocycles. The van der Waals surface area contributed by atoms with Crippen molar-refractivity contribution in [3.63, 3.8) is 0 Å². The third kappa shape index (κ3) is 3.30. The van der Waals surface area contributed by atoms with Gasteiger partial charge in [-0.25, -0.2) is 4.39 Å². The van der Waals surface area contributed by atoms with Crippen LogP contribution >= 0.6 is 0 Å². The molecule has 1 N–H and O–H groups in total. The average molecular weight is 189 g/mol. The van der Waals surface area contributed by atoms with E-state index < -0.39 is 12.1 Å². The van der Waals surface area contributed by atoms with Gasteiger partial charge in [-0.1, -0.05) is 6.92 Å². The molecule has 1 aliphatic rings. The molecule has 76 valence electrons. The zero-order valence-corrected chi connectivity index (χ0v) is 7.87. The van der Waals surface area contributed by atoms with Gasteiger partial charge in [-0.2, -0.15) is 0 Å². The second kappa shape index (κ2) is 4.56. The Morgan fingerprint density at radius 3 is 2.62 bits per heavy atom. The van der Waals surface area contributed by atoms with E-state index in [9.17, 15) is 9.18 Å². The highest BCUT2D eigenvalue weighted by molar-refractivity contribution is 5.69. The molecule has 1 heterocycles. The van der Waals surface area contributed by atoms with Crippen LogP contribution in [0.2, 0.25) is 0 Å². The van der Waals surface area contributed by atoms with E-state index in [-0.39, 0.29) is 5.92 Å². The van der Waals surface area contributed by atoms with Crippen molar-refractivity contribution in [2.24, 2.45) is 5.92 Å². The number of halogens is 1. The molecule has 0 saturated carbocycles. The quantitative estimate of drug-likeness (QED) is 0.723. The SMILES string of the molecule is CC(CN1CCC(F)CC1)C(=O)O. The maximum Gasteiger partial charge on any atom is 0.307 e. The van der Waals surface area contributed by atoms with Gasteiger partial charge in [-0.3, -0.25) is 4.79 Å². The van der Waals surface area contributed by atoms with Crippen molar-refractivity contribution in [3.8, 4) is 0 Å². The lowest BCUT2D eigenvalue weighted by molar-refractivity contribution is -0.141. The Morgan fingerprint density at radius 2 is 2.15 bits per heavy atom. The summed E-state index contributed by atoms with van der Waals surface area (Å²) in [4.78, 5) is 12.6. The summed E-state index contributed by atoms with van der Waals surface area (Å²) in [6.45, 7) is 3.61. The Morgan fingerprint density at radius 1 is 1.62 bits per heavy atom. The Hall–Kier alpha value is -0.640. The molecule has 1 aliphatic heterocycles. The number of hydrogen-bond donors (Lipinski definition) is 1. The summed E-state index contributed by atoms with van der Waals surface area (Å²) in [5.41, 5.74) is 0. The van der Waals surface area contributed by atoms with E-state index in [4.69, 9.17) is 5.11 Å².